The summed E-state index contributed by atoms with van der Waals surface area (Å²) >= 11 is 0. The number of para-hydroxylation sites is 1. The first-order chi connectivity index (χ1) is 17.6. The molecule has 0 aliphatic carbocycles. The van der Waals surface area contributed by atoms with E-state index in [9.17, 15) is 21.9 Å². The van der Waals surface area contributed by atoms with Crippen molar-refractivity contribution in [1.82, 2.24) is 14.3 Å². The van der Waals surface area contributed by atoms with Gasteiger partial charge < -0.3 is 19.9 Å². The van der Waals surface area contributed by atoms with E-state index in [4.69, 9.17) is 9.47 Å². The van der Waals surface area contributed by atoms with E-state index in [1.807, 2.05) is 30.3 Å². The highest BCUT2D eigenvalue weighted by Gasteiger charge is 2.44. The minimum atomic E-state index is -3.68. The van der Waals surface area contributed by atoms with Crippen molar-refractivity contribution in [2.45, 2.75) is 47.7 Å². The Labute approximate surface area is 219 Å². The molecular weight excluding hydrogens is 518 g/mol. The summed E-state index contributed by atoms with van der Waals surface area (Å²) in [6, 6.07) is 15.5. The van der Waals surface area contributed by atoms with Crippen LogP contribution in [0.1, 0.15) is 24.8 Å². The lowest BCUT2D eigenvalue weighted by atomic mass is 9.88. The number of nitrogens with zero attached hydrogens (tertiary/aromatic N) is 1. The number of aliphatic hydroxyl groups is 1. The molecule has 0 aromatic heterocycles. The van der Waals surface area contributed by atoms with Gasteiger partial charge in [-0.05, 0) is 44.0 Å². The van der Waals surface area contributed by atoms with Crippen molar-refractivity contribution in [3.63, 3.8) is 0 Å². The summed E-state index contributed by atoms with van der Waals surface area (Å²) in [4.78, 5) is 0.0147. The van der Waals surface area contributed by atoms with Crippen molar-refractivity contribution in [3.8, 4) is 5.75 Å². The zero-order chi connectivity index (χ0) is 26.5. The van der Waals surface area contributed by atoms with Crippen molar-refractivity contribution >= 4 is 20.0 Å². The molecule has 0 bridgehead atoms. The van der Waals surface area contributed by atoms with Gasteiger partial charge in [0.15, 0.2) is 0 Å². The molecule has 2 saturated heterocycles. The smallest absolute Gasteiger partial charge is 0.243 e. The second-order valence-electron chi connectivity index (χ2n) is 9.56. The predicted molar refractivity (Wildman–Crippen MR) is 139 cm³/mol. The summed E-state index contributed by atoms with van der Waals surface area (Å²) in [5.41, 5.74) is 0.414. The maximum absolute atomic E-state index is 12.9. The van der Waals surface area contributed by atoms with E-state index in [1.54, 1.807) is 22.5 Å². The molecule has 12 heteroatoms. The summed E-state index contributed by atoms with van der Waals surface area (Å²) in [5.74, 6) is 0.171. The van der Waals surface area contributed by atoms with Crippen LogP contribution in [-0.2, 0) is 30.5 Å². The first-order valence-electron chi connectivity index (χ1n) is 12.3. The molecule has 37 heavy (non-hydrogen) atoms. The molecule has 10 nitrogen and oxygen atoms in total. The molecule has 204 valence electrons. The van der Waals surface area contributed by atoms with Crippen LogP contribution in [0.25, 0.3) is 0 Å². The van der Waals surface area contributed by atoms with Gasteiger partial charge in [-0.1, -0.05) is 42.5 Å². The molecule has 2 aliphatic rings. The van der Waals surface area contributed by atoms with Crippen LogP contribution in [0, 0.1) is 0 Å². The monoisotopic (exact) mass is 553 g/mol. The van der Waals surface area contributed by atoms with Crippen LogP contribution < -0.4 is 14.8 Å². The summed E-state index contributed by atoms with van der Waals surface area (Å²) < 4.78 is 65.6. The van der Waals surface area contributed by atoms with Crippen molar-refractivity contribution in [1.29, 1.82) is 0 Å². The van der Waals surface area contributed by atoms with Crippen molar-refractivity contribution in [2.24, 2.45) is 0 Å². The van der Waals surface area contributed by atoms with Gasteiger partial charge in [0.05, 0.1) is 18.0 Å². The number of benzene rings is 2. The van der Waals surface area contributed by atoms with Gasteiger partial charge >= 0.3 is 0 Å². The van der Waals surface area contributed by atoms with Crippen molar-refractivity contribution in [3.05, 3.63) is 60.2 Å². The van der Waals surface area contributed by atoms with Gasteiger partial charge in [0, 0.05) is 25.7 Å². The van der Waals surface area contributed by atoms with Crippen molar-refractivity contribution in [2.75, 3.05) is 39.9 Å². The average molecular weight is 554 g/mol. The molecular formula is C25H35N3O7S2. The second-order valence-corrected chi connectivity index (χ2v) is 13.4. The van der Waals surface area contributed by atoms with E-state index in [-0.39, 0.29) is 41.2 Å². The maximum Gasteiger partial charge on any atom is 0.243 e. The topological polar surface area (TPSA) is 134 Å². The lowest BCUT2D eigenvalue weighted by Gasteiger charge is -2.38. The summed E-state index contributed by atoms with van der Waals surface area (Å²) in [6.45, 7) is 1.51. The highest BCUT2D eigenvalue weighted by Crippen LogP contribution is 2.37. The van der Waals surface area contributed by atoms with Gasteiger partial charge in [-0.3, -0.25) is 0 Å². The standard InChI is InChI=1S/C25H35N3O7S2/c1-26-37(32,33)24-10-6-5-9-23(24)34-18-22(29)16-27-21-15-25(35-17-21)11-13-28(14-12-25)36(30,31)19-20-7-3-2-4-8-20/h2-10,21-22,26-27,29H,11-19H2,1H3/t21?,22-/m0/s1. The number of nitrogens with one attached hydrogen (secondary N) is 2. The third-order valence-electron chi connectivity index (χ3n) is 6.91. The Balaban J connectivity index is 1.22. The fraction of sp³-hybridized carbons (Fsp3) is 0.520. The zero-order valence-corrected chi connectivity index (χ0v) is 22.5. The first kappa shape index (κ1) is 28.0. The van der Waals surface area contributed by atoms with Crippen LogP contribution in [-0.4, -0.2) is 83.9 Å². The Morgan fingerprint density at radius 2 is 1.76 bits per heavy atom. The molecule has 2 atom stereocenters. The Morgan fingerprint density at radius 1 is 1.08 bits per heavy atom. The molecule has 2 fully saturated rings. The highest BCUT2D eigenvalue weighted by molar-refractivity contribution is 7.89. The number of hydrogen-bond donors (Lipinski definition) is 3. The third kappa shape index (κ3) is 7.08. The number of sulfonamides is 2. The number of ether oxygens (including phenoxy) is 2. The predicted octanol–water partition coefficient (Wildman–Crippen LogP) is 1.08. The van der Waals surface area contributed by atoms with Crippen molar-refractivity contribution < 1.29 is 31.4 Å². The molecule has 2 heterocycles. The molecule has 1 unspecified atom stereocenters. The molecule has 2 aliphatic heterocycles. The fourth-order valence-corrected chi connectivity index (χ4v) is 7.23. The average Bonchev–Trinajstić information content (AvgIpc) is 3.29. The molecule has 0 amide bonds. The molecule has 0 saturated carbocycles. The van der Waals surface area contributed by atoms with Crippen LogP contribution >= 0.6 is 0 Å². The normalized spacial score (nSPS) is 21.2. The van der Waals surface area contributed by atoms with Crippen LogP contribution in [0.3, 0.4) is 0 Å². The lowest BCUT2D eigenvalue weighted by Crippen LogP contribution is -2.47. The quantitative estimate of drug-likeness (QED) is 0.376. The number of hydrogen-bond acceptors (Lipinski definition) is 8. The molecule has 2 aromatic carbocycles. The molecule has 1 spiro atoms. The highest BCUT2D eigenvalue weighted by atomic mass is 32.2. The summed E-state index contributed by atoms with van der Waals surface area (Å²) in [7, 11) is -5.74. The third-order valence-corrected chi connectivity index (χ3v) is 10.2. The first-order valence-corrected chi connectivity index (χ1v) is 15.4. The Hall–Kier alpha value is -2.06. The fourth-order valence-electron chi connectivity index (χ4n) is 4.82. The summed E-state index contributed by atoms with van der Waals surface area (Å²) in [5, 5.41) is 13.7. The SMILES string of the molecule is CNS(=O)(=O)c1ccccc1OC[C@@H](O)CNC1COC2(CCN(S(=O)(=O)Cc3ccccc3)CC2)C1. The van der Waals surface area contributed by atoms with Crippen LogP contribution in [0.4, 0.5) is 0 Å². The lowest BCUT2D eigenvalue weighted by molar-refractivity contribution is -0.0312. The molecule has 3 N–H and O–H groups in total. The summed E-state index contributed by atoms with van der Waals surface area (Å²) in [6.07, 6.45) is 1.13. The Morgan fingerprint density at radius 3 is 2.46 bits per heavy atom. The molecule has 4 rings (SSSR count). The van der Waals surface area contributed by atoms with Gasteiger partial charge in [0.1, 0.15) is 23.4 Å². The maximum atomic E-state index is 12.9. The van der Waals surface area contributed by atoms with E-state index < -0.39 is 26.2 Å². The van der Waals surface area contributed by atoms with Gasteiger partial charge in [-0.2, -0.15) is 0 Å². The van der Waals surface area contributed by atoms with Gasteiger partial charge in [0.25, 0.3) is 0 Å². The molecule has 0 radical (unpaired) electrons. The van der Waals surface area contributed by atoms with Crippen LogP contribution in [0.15, 0.2) is 59.5 Å². The van der Waals surface area contributed by atoms with E-state index in [1.165, 1.54) is 13.1 Å². The van der Waals surface area contributed by atoms with Crippen LogP contribution in [0.5, 0.6) is 5.75 Å². The minimum Gasteiger partial charge on any atom is -0.489 e. The largest absolute Gasteiger partial charge is 0.489 e. The number of piperidine rings is 1. The van der Waals surface area contributed by atoms with E-state index in [0.29, 0.717) is 32.5 Å². The van der Waals surface area contributed by atoms with E-state index >= 15 is 0 Å². The Kier molecular flexibility index (Phi) is 8.89. The Bertz CT molecular complexity index is 1250. The van der Waals surface area contributed by atoms with Gasteiger partial charge in [0.2, 0.25) is 20.0 Å². The van der Waals surface area contributed by atoms with E-state index in [2.05, 4.69) is 10.0 Å². The van der Waals surface area contributed by atoms with E-state index in [0.717, 1.165) is 12.0 Å². The zero-order valence-electron chi connectivity index (χ0n) is 20.9. The minimum absolute atomic E-state index is 0.00278. The van der Waals surface area contributed by atoms with Crippen LogP contribution in [0.2, 0.25) is 0 Å². The van der Waals surface area contributed by atoms with Gasteiger partial charge in [-0.15, -0.1) is 0 Å². The van der Waals surface area contributed by atoms with Gasteiger partial charge in [-0.25, -0.2) is 25.9 Å². The number of aliphatic hydroxyl groups excluding tert-OH is 1. The number of rotatable bonds is 11. The second kappa shape index (κ2) is 11.8. The molecule has 2 aromatic rings.